The number of nitrogens with zero attached hydrogens (tertiary/aromatic N) is 3. The number of aromatic nitrogens is 3. The third-order valence-electron chi connectivity index (χ3n) is 4.97. The molecule has 4 rings (SSSR count). The van der Waals surface area contributed by atoms with Gasteiger partial charge in [0.15, 0.2) is 0 Å². The summed E-state index contributed by atoms with van der Waals surface area (Å²) in [5, 5.41) is 4.04. The van der Waals surface area contributed by atoms with Gasteiger partial charge in [-0.2, -0.15) is 13.2 Å². The van der Waals surface area contributed by atoms with Gasteiger partial charge in [0.1, 0.15) is 17.8 Å². The number of carbonyl (C=O) groups excluding carboxylic acids is 1. The molecule has 0 aliphatic carbocycles. The molecule has 1 aliphatic heterocycles. The molecule has 1 atom stereocenters. The second-order valence-corrected chi connectivity index (χ2v) is 7.11. The van der Waals surface area contributed by atoms with Crippen LogP contribution in [0.4, 0.5) is 19.0 Å². The Hall–Kier alpha value is -3.80. The average molecular weight is 425 g/mol. The second-order valence-electron chi connectivity index (χ2n) is 7.11. The van der Waals surface area contributed by atoms with Gasteiger partial charge in [-0.1, -0.05) is 18.6 Å². The molecule has 2 aromatic heterocycles. The van der Waals surface area contributed by atoms with Crippen LogP contribution in [0.1, 0.15) is 23.2 Å². The molecule has 158 valence electrons. The Bertz CT molecular complexity index is 1210. The molecule has 6 nitrogen and oxygen atoms in total. The fourth-order valence-corrected chi connectivity index (χ4v) is 3.44. The number of anilines is 1. The van der Waals surface area contributed by atoms with Crippen molar-refractivity contribution in [2.24, 2.45) is 0 Å². The number of halogens is 3. The van der Waals surface area contributed by atoms with Crippen molar-refractivity contribution in [3.05, 3.63) is 66.1 Å². The highest BCUT2D eigenvalue weighted by Gasteiger charge is 2.30. The first-order chi connectivity index (χ1) is 14.8. The highest BCUT2D eigenvalue weighted by molar-refractivity contribution is 5.89. The zero-order valence-corrected chi connectivity index (χ0v) is 16.3. The molecule has 31 heavy (non-hydrogen) atoms. The third-order valence-corrected chi connectivity index (χ3v) is 4.97. The Morgan fingerprint density at radius 2 is 2.13 bits per heavy atom. The molecule has 3 heterocycles. The van der Waals surface area contributed by atoms with Gasteiger partial charge in [0.05, 0.1) is 16.6 Å². The van der Waals surface area contributed by atoms with Crippen molar-refractivity contribution in [2.45, 2.75) is 18.6 Å². The van der Waals surface area contributed by atoms with Crippen LogP contribution in [-0.4, -0.2) is 44.9 Å². The lowest BCUT2D eigenvalue weighted by molar-refractivity contribution is -0.137. The van der Waals surface area contributed by atoms with Crippen molar-refractivity contribution < 1.29 is 18.0 Å². The molecular weight excluding hydrogens is 407 g/mol. The summed E-state index contributed by atoms with van der Waals surface area (Å²) in [7, 11) is 0. The number of amides is 1. The van der Waals surface area contributed by atoms with Crippen LogP contribution in [0.5, 0.6) is 0 Å². The summed E-state index contributed by atoms with van der Waals surface area (Å²) in [6, 6.07) is 6.66. The maximum atomic E-state index is 12.9. The standard InChI is InChI=1S/C22H18F3N5O/c1-2-19(31)30-9-8-17(12-30)29-21-18-11-16(28-20(18)26-13-27-21)7-6-14-4-3-5-15(10-14)22(23,24)25/h2-5,10-11,13,17H,1,8-9,12H2,(H2,26,27,28,29). The van der Waals surface area contributed by atoms with Crippen molar-refractivity contribution in [1.82, 2.24) is 19.9 Å². The smallest absolute Gasteiger partial charge is 0.365 e. The Balaban J connectivity index is 1.55. The lowest BCUT2D eigenvalue weighted by Crippen LogP contribution is -2.30. The predicted molar refractivity (Wildman–Crippen MR) is 110 cm³/mol. The van der Waals surface area contributed by atoms with Crippen LogP contribution in [-0.2, 0) is 11.0 Å². The molecule has 1 amide bonds. The largest absolute Gasteiger partial charge is 0.416 e. The summed E-state index contributed by atoms with van der Waals surface area (Å²) >= 11 is 0. The van der Waals surface area contributed by atoms with E-state index in [1.54, 1.807) is 11.0 Å². The molecule has 0 spiro atoms. The van der Waals surface area contributed by atoms with Crippen LogP contribution in [0.2, 0.25) is 0 Å². The minimum atomic E-state index is -4.42. The molecule has 0 bridgehead atoms. The van der Waals surface area contributed by atoms with Gasteiger partial charge in [0, 0.05) is 24.7 Å². The highest BCUT2D eigenvalue weighted by Crippen LogP contribution is 2.29. The van der Waals surface area contributed by atoms with E-state index < -0.39 is 11.7 Å². The van der Waals surface area contributed by atoms with Gasteiger partial charge >= 0.3 is 6.18 Å². The van der Waals surface area contributed by atoms with Gasteiger partial charge in [-0.05, 0) is 42.7 Å². The molecule has 3 aromatic rings. The van der Waals surface area contributed by atoms with E-state index in [1.165, 1.54) is 24.5 Å². The average Bonchev–Trinajstić information content (AvgIpc) is 3.39. The number of likely N-dealkylation sites (tertiary alicyclic amines) is 1. The number of benzene rings is 1. The van der Waals surface area contributed by atoms with Crippen LogP contribution in [0.25, 0.3) is 11.0 Å². The number of aromatic amines is 1. The van der Waals surface area contributed by atoms with Crippen LogP contribution < -0.4 is 5.32 Å². The van der Waals surface area contributed by atoms with Crippen molar-refractivity contribution in [3.63, 3.8) is 0 Å². The van der Waals surface area contributed by atoms with E-state index in [-0.39, 0.29) is 17.5 Å². The molecule has 2 N–H and O–H groups in total. The molecule has 0 radical (unpaired) electrons. The number of rotatable bonds is 3. The number of nitrogens with one attached hydrogen (secondary N) is 2. The lowest BCUT2D eigenvalue weighted by atomic mass is 10.1. The molecule has 1 aliphatic rings. The third kappa shape index (κ3) is 4.53. The zero-order valence-electron chi connectivity index (χ0n) is 16.3. The summed E-state index contributed by atoms with van der Waals surface area (Å²) in [5.41, 5.74) is 0.582. The molecule has 1 unspecified atom stereocenters. The molecule has 1 aromatic carbocycles. The minimum Gasteiger partial charge on any atom is -0.365 e. The number of H-pyrrole nitrogens is 1. The molecule has 9 heteroatoms. The zero-order chi connectivity index (χ0) is 22.0. The van der Waals surface area contributed by atoms with Gasteiger partial charge in [0.2, 0.25) is 5.91 Å². The topological polar surface area (TPSA) is 73.9 Å². The Morgan fingerprint density at radius 1 is 1.29 bits per heavy atom. The molecule has 1 fully saturated rings. The first kappa shape index (κ1) is 20.5. The van der Waals surface area contributed by atoms with E-state index in [2.05, 4.69) is 38.7 Å². The maximum Gasteiger partial charge on any atom is 0.416 e. The lowest BCUT2D eigenvalue weighted by Gasteiger charge is -2.15. The van der Waals surface area contributed by atoms with Crippen LogP contribution >= 0.6 is 0 Å². The number of hydrogen-bond donors (Lipinski definition) is 2. The van der Waals surface area contributed by atoms with Crippen molar-refractivity contribution in [1.29, 1.82) is 0 Å². The highest BCUT2D eigenvalue weighted by atomic mass is 19.4. The van der Waals surface area contributed by atoms with E-state index in [1.807, 2.05) is 0 Å². The Kier molecular flexibility index (Phi) is 5.38. The summed E-state index contributed by atoms with van der Waals surface area (Å²) < 4.78 is 38.6. The minimum absolute atomic E-state index is 0.0385. The maximum absolute atomic E-state index is 12.9. The van der Waals surface area contributed by atoms with E-state index >= 15 is 0 Å². The van der Waals surface area contributed by atoms with Crippen molar-refractivity contribution >= 4 is 22.8 Å². The SMILES string of the molecule is C=CC(=O)N1CCC(Nc2ncnc3[nH]c(C#Cc4cccc(C(F)(F)F)c4)cc23)C1. The summed E-state index contributed by atoms with van der Waals surface area (Å²) in [5.74, 6) is 6.09. The van der Waals surface area contributed by atoms with Gasteiger partial charge in [-0.15, -0.1) is 0 Å². The van der Waals surface area contributed by atoms with Crippen LogP contribution in [0, 0.1) is 11.8 Å². The van der Waals surface area contributed by atoms with Crippen LogP contribution in [0.15, 0.2) is 49.3 Å². The fraction of sp³-hybridized carbons (Fsp3) is 0.227. The fourth-order valence-electron chi connectivity index (χ4n) is 3.44. The van der Waals surface area contributed by atoms with E-state index in [4.69, 9.17) is 0 Å². The molecular formula is C22H18F3N5O. The van der Waals surface area contributed by atoms with Gasteiger partial charge in [-0.25, -0.2) is 9.97 Å². The Labute approximate surface area is 176 Å². The van der Waals surface area contributed by atoms with Crippen molar-refractivity contribution in [2.75, 3.05) is 18.4 Å². The number of alkyl halides is 3. The molecule has 0 saturated carbocycles. The number of carbonyl (C=O) groups is 1. The first-order valence-electron chi connectivity index (χ1n) is 9.54. The number of fused-ring (bicyclic) bond motifs is 1. The van der Waals surface area contributed by atoms with Crippen LogP contribution in [0.3, 0.4) is 0 Å². The normalized spacial score (nSPS) is 16.1. The Morgan fingerprint density at radius 3 is 2.90 bits per heavy atom. The monoisotopic (exact) mass is 425 g/mol. The van der Waals surface area contributed by atoms with Gasteiger partial charge in [-0.3, -0.25) is 4.79 Å². The summed E-state index contributed by atoms with van der Waals surface area (Å²) in [6.07, 6.45) is -0.932. The van der Waals surface area contributed by atoms with Crippen molar-refractivity contribution in [3.8, 4) is 11.8 Å². The van der Waals surface area contributed by atoms with Gasteiger partial charge in [0.25, 0.3) is 0 Å². The van der Waals surface area contributed by atoms with E-state index in [9.17, 15) is 18.0 Å². The van der Waals surface area contributed by atoms with E-state index in [0.717, 1.165) is 18.6 Å². The van der Waals surface area contributed by atoms with Gasteiger partial charge < -0.3 is 15.2 Å². The summed E-state index contributed by atoms with van der Waals surface area (Å²) in [6.45, 7) is 4.69. The first-order valence-corrected chi connectivity index (χ1v) is 9.54. The van der Waals surface area contributed by atoms with E-state index in [0.29, 0.717) is 35.6 Å². The second kappa shape index (κ2) is 8.14. The summed E-state index contributed by atoms with van der Waals surface area (Å²) in [4.78, 5) is 25.0. The predicted octanol–water partition coefficient (Wildman–Crippen LogP) is 3.58. The quantitative estimate of drug-likeness (QED) is 0.497. The molecule has 1 saturated heterocycles. The number of hydrogen-bond acceptors (Lipinski definition) is 4.